The first kappa shape index (κ1) is 19.4. The van der Waals surface area contributed by atoms with Gasteiger partial charge >= 0.3 is 0 Å². The monoisotopic (exact) mass is 387 g/mol. The Balaban J connectivity index is 1.66. The topological polar surface area (TPSA) is 69.7 Å². The van der Waals surface area contributed by atoms with Crippen molar-refractivity contribution >= 4 is 21.6 Å². The smallest absolute Gasteiger partial charge is 0.251 e. The van der Waals surface area contributed by atoms with Crippen LogP contribution in [0.5, 0.6) is 0 Å². The number of carbonyl (C=O) groups excluding carboxylic acids is 1. The van der Waals surface area contributed by atoms with Crippen molar-refractivity contribution in [1.29, 1.82) is 0 Å². The van der Waals surface area contributed by atoms with Crippen molar-refractivity contribution in [2.75, 3.05) is 30.7 Å². The third-order valence-corrected chi connectivity index (χ3v) is 6.43. The van der Waals surface area contributed by atoms with Gasteiger partial charge in [0.15, 0.2) is 0 Å². The van der Waals surface area contributed by atoms with Crippen molar-refractivity contribution < 1.29 is 13.2 Å². The first-order valence-corrected chi connectivity index (χ1v) is 10.6. The fraction of sp³-hybridized carbons (Fsp3) is 0.350. The van der Waals surface area contributed by atoms with Crippen molar-refractivity contribution in [2.24, 2.45) is 0 Å². The number of anilines is 1. The van der Waals surface area contributed by atoms with E-state index in [-0.39, 0.29) is 11.7 Å². The molecule has 0 aromatic heterocycles. The maximum atomic E-state index is 12.5. The molecule has 1 N–H and O–H groups in total. The summed E-state index contributed by atoms with van der Waals surface area (Å²) < 4.78 is 25.4. The van der Waals surface area contributed by atoms with Gasteiger partial charge in [0.25, 0.3) is 5.91 Å². The molecular formula is C20H25N3O3S. The summed E-state index contributed by atoms with van der Waals surface area (Å²) in [6, 6.07) is 14.8. The van der Waals surface area contributed by atoms with Gasteiger partial charge in [0.2, 0.25) is 10.0 Å². The molecule has 1 aliphatic rings. The highest BCUT2D eigenvalue weighted by Gasteiger charge is 2.28. The van der Waals surface area contributed by atoms with Crippen molar-refractivity contribution in [3.05, 3.63) is 65.2 Å². The van der Waals surface area contributed by atoms with Gasteiger partial charge in [0, 0.05) is 25.2 Å². The van der Waals surface area contributed by atoms with E-state index in [1.54, 1.807) is 24.3 Å². The fourth-order valence-corrected chi connectivity index (χ4v) is 4.78. The predicted molar refractivity (Wildman–Crippen MR) is 107 cm³/mol. The van der Waals surface area contributed by atoms with E-state index >= 15 is 0 Å². The zero-order valence-corrected chi connectivity index (χ0v) is 16.5. The van der Waals surface area contributed by atoms with Crippen LogP contribution < -0.4 is 9.62 Å². The van der Waals surface area contributed by atoms with Crippen LogP contribution in [0.1, 0.15) is 27.9 Å². The van der Waals surface area contributed by atoms with Gasteiger partial charge in [-0.1, -0.05) is 24.3 Å². The summed E-state index contributed by atoms with van der Waals surface area (Å²) in [5, 5.41) is 2.94. The van der Waals surface area contributed by atoms with Crippen LogP contribution in [-0.2, 0) is 23.1 Å². The second kappa shape index (κ2) is 8.10. The number of nitrogens with zero attached hydrogens (tertiary/aromatic N) is 2. The molecule has 2 aromatic carbocycles. The highest BCUT2D eigenvalue weighted by molar-refractivity contribution is 7.93. The van der Waals surface area contributed by atoms with E-state index in [2.05, 4.69) is 16.3 Å². The number of hydrogen-bond donors (Lipinski definition) is 1. The number of carbonyl (C=O) groups is 1. The lowest BCUT2D eigenvalue weighted by Crippen LogP contribution is -2.26. The van der Waals surface area contributed by atoms with Crippen LogP contribution in [0.4, 0.5) is 5.69 Å². The Kier molecular flexibility index (Phi) is 5.82. The molecule has 0 bridgehead atoms. The van der Waals surface area contributed by atoms with E-state index in [1.807, 2.05) is 32.3 Å². The Bertz CT molecular complexity index is 908. The average molecular weight is 388 g/mol. The van der Waals surface area contributed by atoms with Crippen LogP contribution in [0.2, 0.25) is 0 Å². The predicted octanol–water partition coefficient (Wildman–Crippen LogP) is 2.22. The van der Waals surface area contributed by atoms with Gasteiger partial charge in [-0.25, -0.2) is 8.42 Å². The Hall–Kier alpha value is -2.38. The zero-order chi connectivity index (χ0) is 19.4. The molecular weight excluding hydrogens is 362 g/mol. The molecule has 0 aliphatic carbocycles. The number of amides is 1. The lowest BCUT2D eigenvalue weighted by molar-refractivity contribution is 0.0951. The van der Waals surface area contributed by atoms with E-state index < -0.39 is 10.0 Å². The van der Waals surface area contributed by atoms with Gasteiger partial charge in [-0.15, -0.1) is 0 Å². The normalized spacial score (nSPS) is 15.9. The van der Waals surface area contributed by atoms with E-state index in [0.717, 1.165) is 12.1 Å². The molecule has 0 spiro atoms. The highest BCUT2D eigenvalue weighted by Crippen LogP contribution is 2.24. The SMILES string of the molecule is CN(C)Cc1ccccc1CNC(=O)c1ccc(N2CCCS2(=O)=O)cc1. The van der Waals surface area contributed by atoms with E-state index in [0.29, 0.717) is 30.8 Å². The van der Waals surface area contributed by atoms with E-state index in [4.69, 9.17) is 0 Å². The first-order valence-electron chi connectivity index (χ1n) is 8.97. The number of benzene rings is 2. The molecule has 0 radical (unpaired) electrons. The number of sulfonamides is 1. The first-order chi connectivity index (χ1) is 12.9. The Morgan fingerprint density at radius 3 is 2.33 bits per heavy atom. The lowest BCUT2D eigenvalue weighted by Gasteiger charge is -2.17. The molecule has 2 aromatic rings. The Morgan fingerprint density at radius 2 is 1.74 bits per heavy atom. The summed E-state index contributed by atoms with van der Waals surface area (Å²) in [4.78, 5) is 14.5. The summed E-state index contributed by atoms with van der Waals surface area (Å²) in [5.74, 6) is 0.00666. The van der Waals surface area contributed by atoms with Gasteiger partial charge in [-0.05, 0) is 55.9 Å². The van der Waals surface area contributed by atoms with E-state index in [9.17, 15) is 13.2 Å². The lowest BCUT2D eigenvalue weighted by atomic mass is 10.1. The van der Waals surface area contributed by atoms with Crippen molar-refractivity contribution in [3.63, 3.8) is 0 Å². The number of nitrogens with one attached hydrogen (secondary N) is 1. The van der Waals surface area contributed by atoms with Gasteiger partial charge < -0.3 is 10.2 Å². The second-order valence-electron chi connectivity index (χ2n) is 6.98. The summed E-state index contributed by atoms with van der Waals surface area (Å²) in [6.45, 7) is 1.76. The van der Waals surface area contributed by atoms with Crippen molar-refractivity contribution in [3.8, 4) is 0 Å². The molecule has 3 rings (SSSR count). The molecule has 0 atom stereocenters. The molecule has 1 heterocycles. The molecule has 0 saturated carbocycles. The van der Waals surface area contributed by atoms with Gasteiger partial charge in [0.1, 0.15) is 0 Å². The van der Waals surface area contributed by atoms with Crippen LogP contribution in [0.15, 0.2) is 48.5 Å². The van der Waals surface area contributed by atoms with Gasteiger partial charge in [-0.3, -0.25) is 9.10 Å². The molecule has 0 unspecified atom stereocenters. The molecule has 7 heteroatoms. The van der Waals surface area contributed by atoms with Crippen molar-refractivity contribution in [2.45, 2.75) is 19.5 Å². The largest absolute Gasteiger partial charge is 0.348 e. The summed E-state index contributed by atoms with van der Waals surface area (Å²) in [7, 11) is 0.817. The Morgan fingerprint density at radius 1 is 1.07 bits per heavy atom. The molecule has 27 heavy (non-hydrogen) atoms. The standard InChI is InChI=1S/C20H25N3O3S/c1-22(2)15-18-7-4-3-6-17(18)14-21-20(24)16-8-10-19(11-9-16)23-12-5-13-27(23,25)26/h3-4,6-11H,5,12-15H2,1-2H3,(H,21,24). The molecule has 1 amide bonds. The fourth-order valence-electron chi connectivity index (χ4n) is 3.21. The van der Waals surface area contributed by atoms with Crippen LogP contribution >= 0.6 is 0 Å². The van der Waals surface area contributed by atoms with Crippen LogP contribution in [0, 0.1) is 0 Å². The van der Waals surface area contributed by atoms with Crippen LogP contribution in [-0.4, -0.2) is 45.6 Å². The maximum Gasteiger partial charge on any atom is 0.251 e. The number of hydrogen-bond acceptors (Lipinski definition) is 4. The van der Waals surface area contributed by atoms with Gasteiger partial charge in [-0.2, -0.15) is 0 Å². The number of rotatable bonds is 6. The molecule has 1 saturated heterocycles. The van der Waals surface area contributed by atoms with E-state index in [1.165, 1.54) is 9.87 Å². The highest BCUT2D eigenvalue weighted by atomic mass is 32.2. The minimum atomic E-state index is -3.21. The molecule has 6 nitrogen and oxygen atoms in total. The zero-order valence-electron chi connectivity index (χ0n) is 15.7. The van der Waals surface area contributed by atoms with Crippen LogP contribution in [0.25, 0.3) is 0 Å². The summed E-state index contributed by atoms with van der Waals surface area (Å²) in [5.41, 5.74) is 3.39. The van der Waals surface area contributed by atoms with Crippen molar-refractivity contribution in [1.82, 2.24) is 10.2 Å². The molecule has 1 aliphatic heterocycles. The van der Waals surface area contributed by atoms with Crippen LogP contribution in [0.3, 0.4) is 0 Å². The molecule has 144 valence electrons. The average Bonchev–Trinajstić information content (AvgIpc) is 2.99. The minimum absolute atomic E-state index is 0.175. The Labute approximate surface area is 160 Å². The van der Waals surface area contributed by atoms with Gasteiger partial charge in [0.05, 0.1) is 11.4 Å². The maximum absolute atomic E-state index is 12.5. The third kappa shape index (κ3) is 4.67. The third-order valence-electron chi connectivity index (χ3n) is 4.56. The summed E-state index contributed by atoms with van der Waals surface area (Å²) in [6.07, 6.45) is 0.636. The molecule has 1 fully saturated rings. The second-order valence-corrected chi connectivity index (χ2v) is 8.99. The summed E-state index contributed by atoms with van der Waals surface area (Å²) >= 11 is 0. The quantitative estimate of drug-likeness (QED) is 0.825. The minimum Gasteiger partial charge on any atom is -0.348 e.